The number of hydrogen-bond acceptors (Lipinski definition) is 5. The van der Waals surface area contributed by atoms with Gasteiger partial charge in [0.15, 0.2) is 0 Å². The molecule has 0 aliphatic carbocycles. The van der Waals surface area contributed by atoms with Gasteiger partial charge in [-0.3, -0.25) is 9.52 Å². The van der Waals surface area contributed by atoms with Crippen LogP contribution < -0.4 is 4.72 Å². The Labute approximate surface area is 156 Å². The molecule has 8 heteroatoms. The van der Waals surface area contributed by atoms with E-state index in [1.165, 1.54) is 7.11 Å². The summed E-state index contributed by atoms with van der Waals surface area (Å²) in [7, 11) is -2.11. The number of esters is 1. The number of hydrogen-bond donors (Lipinski definition) is 1. The van der Waals surface area contributed by atoms with Crippen molar-refractivity contribution in [2.45, 2.75) is 6.54 Å². The summed E-state index contributed by atoms with van der Waals surface area (Å²) in [5, 5.41) is 9.81. The molecule has 0 spiro atoms. The Bertz CT molecular complexity index is 1160. The smallest absolute Gasteiger partial charge is 0.325 e. The molecule has 1 heterocycles. The lowest BCUT2D eigenvalue weighted by molar-refractivity contribution is -0.141. The maximum absolute atomic E-state index is 11.8. The second-order valence-corrected chi connectivity index (χ2v) is 7.79. The molecular weight excluding hydrogens is 366 g/mol. The van der Waals surface area contributed by atoms with Crippen molar-refractivity contribution >= 4 is 32.6 Å². The average molecular weight is 383 g/mol. The van der Waals surface area contributed by atoms with Gasteiger partial charge in [0.1, 0.15) is 6.54 Å². The van der Waals surface area contributed by atoms with Crippen LogP contribution in [0.4, 0.5) is 5.69 Å². The predicted molar refractivity (Wildman–Crippen MR) is 103 cm³/mol. The highest BCUT2D eigenvalue weighted by Crippen LogP contribution is 2.32. The molecule has 7 nitrogen and oxygen atoms in total. The van der Waals surface area contributed by atoms with E-state index in [0.29, 0.717) is 16.8 Å². The number of rotatable bonds is 5. The fourth-order valence-electron chi connectivity index (χ4n) is 2.86. The highest BCUT2D eigenvalue weighted by Gasteiger charge is 2.14. The highest BCUT2D eigenvalue weighted by atomic mass is 32.2. The molecule has 1 aromatic heterocycles. The van der Waals surface area contributed by atoms with Gasteiger partial charge >= 0.3 is 5.97 Å². The fraction of sp³-hybridized carbons (Fsp3) is 0.158. The van der Waals surface area contributed by atoms with Crippen LogP contribution in [0.3, 0.4) is 0 Å². The molecule has 2 aromatic carbocycles. The minimum absolute atomic E-state index is 0.00833. The Hall–Kier alpha value is -3.31. The topological polar surface area (TPSA) is 101 Å². The molecule has 0 saturated carbocycles. The zero-order valence-corrected chi connectivity index (χ0v) is 15.6. The molecule has 0 amide bonds. The number of sulfonamides is 1. The van der Waals surface area contributed by atoms with E-state index in [1.54, 1.807) is 34.9 Å². The molecular formula is C19H17N3O4S. The van der Waals surface area contributed by atoms with E-state index in [1.807, 2.05) is 18.3 Å². The van der Waals surface area contributed by atoms with Gasteiger partial charge in [0, 0.05) is 17.1 Å². The van der Waals surface area contributed by atoms with Crippen molar-refractivity contribution in [1.82, 2.24) is 4.57 Å². The van der Waals surface area contributed by atoms with Crippen LogP contribution in [0.2, 0.25) is 0 Å². The van der Waals surface area contributed by atoms with E-state index in [0.717, 1.165) is 22.8 Å². The van der Waals surface area contributed by atoms with Gasteiger partial charge in [-0.25, -0.2) is 8.42 Å². The quantitative estimate of drug-likeness (QED) is 0.683. The molecule has 0 bridgehead atoms. The van der Waals surface area contributed by atoms with E-state index in [9.17, 15) is 13.2 Å². The molecule has 0 aliphatic heterocycles. The largest absolute Gasteiger partial charge is 0.468 e. The molecule has 0 atom stereocenters. The number of nitrogens with zero attached hydrogens (tertiary/aromatic N) is 2. The molecule has 27 heavy (non-hydrogen) atoms. The van der Waals surface area contributed by atoms with Gasteiger partial charge < -0.3 is 9.30 Å². The lowest BCUT2D eigenvalue weighted by Gasteiger charge is -2.07. The number of aromatic nitrogens is 1. The Morgan fingerprint density at radius 1 is 1.22 bits per heavy atom. The van der Waals surface area contributed by atoms with Crippen LogP contribution in [0, 0.1) is 11.3 Å². The summed E-state index contributed by atoms with van der Waals surface area (Å²) in [5.41, 5.74) is 3.39. The summed E-state index contributed by atoms with van der Waals surface area (Å²) in [5.74, 6) is -0.417. The molecule has 3 rings (SSSR count). The van der Waals surface area contributed by atoms with E-state index in [4.69, 9.17) is 10.00 Å². The van der Waals surface area contributed by atoms with Crippen molar-refractivity contribution in [3.8, 4) is 17.2 Å². The minimum atomic E-state index is -3.42. The second kappa shape index (κ2) is 7.13. The summed E-state index contributed by atoms with van der Waals surface area (Å²) in [6, 6.07) is 14.3. The van der Waals surface area contributed by atoms with Crippen molar-refractivity contribution in [2.75, 3.05) is 18.1 Å². The molecule has 0 unspecified atom stereocenters. The lowest BCUT2D eigenvalue weighted by atomic mass is 10.0. The van der Waals surface area contributed by atoms with Gasteiger partial charge in [-0.2, -0.15) is 5.26 Å². The molecule has 0 fully saturated rings. The fourth-order valence-corrected chi connectivity index (χ4v) is 3.41. The van der Waals surface area contributed by atoms with Crippen LogP contribution in [0.5, 0.6) is 0 Å². The number of carbonyl (C=O) groups is 1. The normalized spacial score (nSPS) is 11.1. The first-order valence-electron chi connectivity index (χ1n) is 7.99. The first-order chi connectivity index (χ1) is 12.8. The Balaban J connectivity index is 2.16. The van der Waals surface area contributed by atoms with Crippen LogP contribution in [0.1, 0.15) is 5.56 Å². The molecule has 0 radical (unpaired) electrons. The van der Waals surface area contributed by atoms with Crippen molar-refractivity contribution in [3.63, 3.8) is 0 Å². The maximum Gasteiger partial charge on any atom is 0.325 e. The summed E-state index contributed by atoms with van der Waals surface area (Å²) < 4.78 is 31.9. The van der Waals surface area contributed by atoms with E-state index < -0.39 is 16.0 Å². The van der Waals surface area contributed by atoms with E-state index in [-0.39, 0.29) is 6.54 Å². The van der Waals surface area contributed by atoms with Crippen molar-refractivity contribution in [2.24, 2.45) is 0 Å². The molecule has 138 valence electrons. The lowest BCUT2D eigenvalue weighted by Crippen LogP contribution is -2.11. The van der Waals surface area contributed by atoms with Crippen LogP contribution in [-0.2, 0) is 26.1 Å². The molecule has 1 N–H and O–H groups in total. The monoisotopic (exact) mass is 383 g/mol. The summed E-state index contributed by atoms with van der Waals surface area (Å²) in [6.07, 6.45) is 2.89. The van der Waals surface area contributed by atoms with Crippen LogP contribution in [0.15, 0.2) is 48.7 Å². The van der Waals surface area contributed by atoms with Gasteiger partial charge in [-0.05, 0) is 29.8 Å². The number of fused-ring (bicyclic) bond motifs is 1. The standard InChI is InChI=1S/C19H17N3O4S/c1-26-19(23)12-22-11-17(14-5-3-13(10-20)4-6-14)16-8-7-15(9-18(16)22)21-27(2,24)25/h3-9,11,21H,12H2,1-2H3. The third-order valence-corrected chi connectivity index (χ3v) is 4.64. The first-order valence-corrected chi connectivity index (χ1v) is 9.88. The molecule has 3 aromatic rings. The number of ether oxygens (including phenoxy) is 1. The number of benzene rings is 2. The number of anilines is 1. The van der Waals surface area contributed by atoms with Gasteiger partial charge in [-0.1, -0.05) is 18.2 Å². The Morgan fingerprint density at radius 3 is 2.52 bits per heavy atom. The summed E-state index contributed by atoms with van der Waals surface area (Å²) in [4.78, 5) is 11.8. The number of carbonyl (C=O) groups excluding carboxylic acids is 1. The SMILES string of the molecule is COC(=O)Cn1cc(-c2ccc(C#N)cc2)c2ccc(NS(C)(=O)=O)cc21. The van der Waals surface area contributed by atoms with Crippen molar-refractivity contribution in [1.29, 1.82) is 5.26 Å². The van der Waals surface area contributed by atoms with Gasteiger partial charge in [0.2, 0.25) is 10.0 Å². The first kappa shape index (κ1) is 18.5. The van der Waals surface area contributed by atoms with E-state index in [2.05, 4.69) is 10.8 Å². The van der Waals surface area contributed by atoms with Crippen molar-refractivity contribution < 1.29 is 17.9 Å². The number of methoxy groups -OCH3 is 1. The maximum atomic E-state index is 11.8. The van der Waals surface area contributed by atoms with Crippen molar-refractivity contribution in [3.05, 3.63) is 54.2 Å². The molecule has 0 aliphatic rings. The Kier molecular flexibility index (Phi) is 4.88. The second-order valence-electron chi connectivity index (χ2n) is 6.04. The van der Waals surface area contributed by atoms with Gasteiger partial charge in [0.05, 0.1) is 36.2 Å². The highest BCUT2D eigenvalue weighted by molar-refractivity contribution is 7.92. The summed E-state index contributed by atoms with van der Waals surface area (Å²) >= 11 is 0. The Morgan fingerprint density at radius 2 is 1.93 bits per heavy atom. The van der Waals surface area contributed by atoms with Gasteiger partial charge in [0.25, 0.3) is 0 Å². The van der Waals surface area contributed by atoms with Crippen LogP contribution >= 0.6 is 0 Å². The third kappa shape index (κ3) is 4.10. The molecule has 0 saturated heterocycles. The predicted octanol–water partition coefficient (Wildman–Crippen LogP) is 2.72. The summed E-state index contributed by atoms with van der Waals surface area (Å²) in [6.45, 7) is -0.00833. The third-order valence-electron chi connectivity index (χ3n) is 4.04. The van der Waals surface area contributed by atoms with Crippen LogP contribution in [0.25, 0.3) is 22.0 Å². The number of nitrogens with one attached hydrogen (secondary N) is 1. The zero-order valence-electron chi connectivity index (χ0n) is 14.8. The average Bonchev–Trinajstić information content (AvgIpc) is 2.98. The zero-order chi connectivity index (χ0) is 19.6. The minimum Gasteiger partial charge on any atom is -0.468 e. The van der Waals surface area contributed by atoms with Gasteiger partial charge in [-0.15, -0.1) is 0 Å². The van der Waals surface area contributed by atoms with Crippen LogP contribution in [-0.4, -0.2) is 32.3 Å². The van der Waals surface area contributed by atoms with E-state index >= 15 is 0 Å². The number of nitriles is 1.